The van der Waals surface area contributed by atoms with Gasteiger partial charge >= 0.3 is 0 Å². The van der Waals surface area contributed by atoms with Crippen molar-refractivity contribution in [2.24, 2.45) is 5.92 Å². The van der Waals surface area contributed by atoms with Gasteiger partial charge in [0.25, 0.3) is 5.91 Å². The molecule has 0 spiro atoms. The SMILES string of the molecule is CC1CC[NH+](CC(=O)N2CCN(S(=O)(=O)c3ccc(Cl)cc3)CC2)CC1. The fourth-order valence-corrected chi connectivity index (χ4v) is 5.15. The fraction of sp³-hybridized carbons (Fsp3) is 0.611. The van der Waals surface area contributed by atoms with E-state index in [0.29, 0.717) is 37.7 Å². The monoisotopic (exact) mass is 400 g/mol. The summed E-state index contributed by atoms with van der Waals surface area (Å²) in [6.45, 7) is 6.47. The number of benzene rings is 1. The Bertz CT molecular complexity index is 723. The van der Waals surface area contributed by atoms with Crippen LogP contribution in [0.15, 0.2) is 29.2 Å². The number of likely N-dealkylation sites (tertiary alicyclic amines) is 1. The van der Waals surface area contributed by atoms with Crippen LogP contribution in [0.25, 0.3) is 0 Å². The minimum absolute atomic E-state index is 0.137. The summed E-state index contributed by atoms with van der Waals surface area (Å²) in [5.41, 5.74) is 0. The number of carbonyl (C=O) groups excluding carboxylic acids is 1. The molecule has 0 saturated carbocycles. The smallest absolute Gasteiger partial charge is 0.277 e. The number of hydrogen-bond acceptors (Lipinski definition) is 3. The van der Waals surface area contributed by atoms with Gasteiger partial charge in [0.1, 0.15) is 0 Å². The lowest BCUT2D eigenvalue weighted by atomic mass is 9.99. The van der Waals surface area contributed by atoms with E-state index in [1.165, 1.54) is 34.2 Å². The van der Waals surface area contributed by atoms with Gasteiger partial charge in [0.15, 0.2) is 6.54 Å². The first-order chi connectivity index (χ1) is 12.4. The van der Waals surface area contributed by atoms with Crippen molar-refractivity contribution in [3.63, 3.8) is 0 Å². The topological polar surface area (TPSA) is 62.1 Å². The quantitative estimate of drug-likeness (QED) is 0.800. The Kier molecular flexibility index (Phi) is 6.22. The molecule has 8 heteroatoms. The fourth-order valence-electron chi connectivity index (χ4n) is 3.61. The molecule has 26 heavy (non-hydrogen) atoms. The molecular formula is C18H27ClN3O3S+. The van der Waals surface area contributed by atoms with Gasteiger partial charge in [0.2, 0.25) is 10.0 Å². The lowest BCUT2D eigenvalue weighted by Gasteiger charge is -2.35. The summed E-state index contributed by atoms with van der Waals surface area (Å²) < 4.78 is 26.8. The van der Waals surface area contributed by atoms with E-state index >= 15 is 0 Å². The molecule has 1 N–H and O–H groups in total. The van der Waals surface area contributed by atoms with E-state index < -0.39 is 10.0 Å². The highest BCUT2D eigenvalue weighted by Gasteiger charge is 2.31. The van der Waals surface area contributed by atoms with E-state index in [9.17, 15) is 13.2 Å². The second-order valence-electron chi connectivity index (χ2n) is 7.35. The van der Waals surface area contributed by atoms with Gasteiger partial charge in [-0.3, -0.25) is 4.79 Å². The van der Waals surface area contributed by atoms with E-state index in [0.717, 1.165) is 19.0 Å². The number of quaternary nitrogens is 1. The predicted octanol–water partition coefficient (Wildman–Crippen LogP) is 0.488. The second kappa shape index (κ2) is 8.25. The molecule has 3 rings (SSSR count). The summed E-state index contributed by atoms with van der Waals surface area (Å²) in [4.78, 5) is 15.9. The molecule has 1 amide bonds. The van der Waals surface area contributed by atoms with Crippen LogP contribution >= 0.6 is 11.6 Å². The molecule has 0 aromatic heterocycles. The second-order valence-corrected chi connectivity index (χ2v) is 9.72. The third-order valence-corrected chi connectivity index (χ3v) is 7.59. The highest BCUT2D eigenvalue weighted by Crippen LogP contribution is 2.19. The maximum Gasteiger partial charge on any atom is 0.277 e. The van der Waals surface area contributed by atoms with Gasteiger partial charge in [-0.2, -0.15) is 4.31 Å². The number of piperidine rings is 1. The maximum absolute atomic E-state index is 12.7. The maximum atomic E-state index is 12.7. The third-order valence-electron chi connectivity index (χ3n) is 5.43. The number of piperazine rings is 1. The molecular weight excluding hydrogens is 374 g/mol. The van der Waals surface area contributed by atoms with Crippen molar-refractivity contribution in [2.45, 2.75) is 24.7 Å². The molecule has 2 aliphatic heterocycles. The van der Waals surface area contributed by atoms with Crippen molar-refractivity contribution in [2.75, 3.05) is 45.8 Å². The Morgan fingerprint density at radius 1 is 1.12 bits per heavy atom. The minimum atomic E-state index is -3.53. The Labute approximate surface area is 160 Å². The number of halogens is 1. The van der Waals surface area contributed by atoms with Crippen molar-refractivity contribution in [1.82, 2.24) is 9.21 Å². The zero-order chi connectivity index (χ0) is 18.7. The number of amides is 1. The average molecular weight is 401 g/mol. The van der Waals surface area contributed by atoms with Gasteiger partial charge in [-0.1, -0.05) is 18.5 Å². The largest absolute Gasteiger partial charge is 0.335 e. The summed E-state index contributed by atoms with van der Waals surface area (Å²) in [6.07, 6.45) is 2.35. The highest BCUT2D eigenvalue weighted by atomic mass is 35.5. The predicted molar refractivity (Wildman–Crippen MR) is 101 cm³/mol. The molecule has 2 fully saturated rings. The van der Waals surface area contributed by atoms with Crippen LogP contribution in [0.4, 0.5) is 0 Å². The highest BCUT2D eigenvalue weighted by molar-refractivity contribution is 7.89. The molecule has 2 saturated heterocycles. The van der Waals surface area contributed by atoms with Crippen LogP contribution in [0.1, 0.15) is 19.8 Å². The molecule has 1 aromatic rings. The van der Waals surface area contributed by atoms with Crippen LogP contribution in [0.3, 0.4) is 0 Å². The normalized spacial score (nSPS) is 25.2. The zero-order valence-electron chi connectivity index (χ0n) is 15.2. The van der Waals surface area contributed by atoms with Crippen LogP contribution in [0.2, 0.25) is 5.02 Å². The van der Waals surface area contributed by atoms with Gasteiger partial charge in [-0.15, -0.1) is 0 Å². The van der Waals surface area contributed by atoms with Gasteiger partial charge in [0.05, 0.1) is 18.0 Å². The number of carbonyl (C=O) groups is 1. The standard InChI is InChI=1S/C18H26ClN3O3S/c1-15-6-8-20(9-7-15)14-18(23)21-10-12-22(13-11-21)26(24,25)17-4-2-16(19)3-5-17/h2-5,15H,6-14H2,1H3/p+1. The average Bonchev–Trinajstić information content (AvgIpc) is 2.64. The number of hydrogen-bond donors (Lipinski definition) is 1. The molecule has 2 aliphatic rings. The molecule has 0 unspecified atom stereocenters. The van der Waals surface area contributed by atoms with E-state index in [4.69, 9.17) is 11.6 Å². The number of rotatable bonds is 4. The molecule has 0 radical (unpaired) electrons. The zero-order valence-corrected chi connectivity index (χ0v) is 16.7. The van der Waals surface area contributed by atoms with E-state index in [-0.39, 0.29) is 10.8 Å². The van der Waals surface area contributed by atoms with Crippen molar-refractivity contribution in [1.29, 1.82) is 0 Å². The first-order valence-corrected chi connectivity index (χ1v) is 11.0. The third kappa shape index (κ3) is 4.57. The summed E-state index contributed by atoms with van der Waals surface area (Å²) in [7, 11) is -3.53. The van der Waals surface area contributed by atoms with Crippen molar-refractivity contribution in [3.05, 3.63) is 29.3 Å². The summed E-state index contributed by atoms with van der Waals surface area (Å²) >= 11 is 5.83. The van der Waals surface area contributed by atoms with Crippen LogP contribution in [0.5, 0.6) is 0 Å². The molecule has 0 atom stereocenters. The van der Waals surface area contributed by atoms with E-state index in [1.807, 2.05) is 0 Å². The summed E-state index contributed by atoms with van der Waals surface area (Å²) in [5, 5.41) is 0.508. The van der Waals surface area contributed by atoms with Gasteiger partial charge in [0, 0.05) is 31.2 Å². The summed E-state index contributed by atoms with van der Waals surface area (Å²) in [5.74, 6) is 0.897. The Morgan fingerprint density at radius 2 is 1.69 bits per heavy atom. The lowest BCUT2D eigenvalue weighted by molar-refractivity contribution is -0.898. The minimum Gasteiger partial charge on any atom is -0.335 e. The first-order valence-electron chi connectivity index (χ1n) is 9.23. The molecule has 6 nitrogen and oxygen atoms in total. The van der Waals surface area contributed by atoms with Crippen LogP contribution < -0.4 is 4.90 Å². The number of nitrogens with zero attached hydrogens (tertiary/aromatic N) is 2. The Hall–Kier alpha value is -1.15. The number of sulfonamides is 1. The van der Waals surface area contributed by atoms with Crippen molar-refractivity contribution >= 4 is 27.5 Å². The molecule has 2 heterocycles. The molecule has 0 bridgehead atoms. The number of nitrogens with one attached hydrogen (secondary N) is 1. The molecule has 144 valence electrons. The molecule has 1 aromatic carbocycles. The van der Waals surface area contributed by atoms with Crippen molar-refractivity contribution < 1.29 is 18.1 Å². The first kappa shape index (κ1) is 19.6. The van der Waals surface area contributed by atoms with Gasteiger partial charge in [-0.05, 0) is 43.0 Å². The van der Waals surface area contributed by atoms with Gasteiger partial charge in [-0.25, -0.2) is 8.42 Å². The van der Waals surface area contributed by atoms with E-state index in [2.05, 4.69) is 6.92 Å². The Morgan fingerprint density at radius 3 is 2.27 bits per heavy atom. The van der Waals surface area contributed by atoms with Gasteiger partial charge < -0.3 is 9.80 Å². The summed E-state index contributed by atoms with van der Waals surface area (Å²) in [6, 6.07) is 6.21. The molecule has 0 aliphatic carbocycles. The van der Waals surface area contributed by atoms with Crippen molar-refractivity contribution in [3.8, 4) is 0 Å². The Balaban J connectivity index is 1.53. The van der Waals surface area contributed by atoms with Crippen LogP contribution in [-0.4, -0.2) is 69.3 Å². The lowest BCUT2D eigenvalue weighted by Crippen LogP contribution is -3.14. The van der Waals surface area contributed by atoms with E-state index in [1.54, 1.807) is 17.0 Å². The van der Waals surface area contributed by atoms with Crippen LogP contribution in [0, 0.1) is 5.92 Å². The van der Waals surface area contributed by atoms with Crippen LogP contribution in [-0.2, 0) is 14.8 Å².